The number of hydrogen-bond donors (Lipinski definition) is 0. The van der Waals surface area contributed by atoms with E-state index in [2.05, 4.69) is 94.6 Å². The normalized spacial score (nSPS) is 16.0. The van der Waals surface area contributed by atoms with Crippen LogP contribution in [0.3, 0.4) is 0 Å². The van der Waals surface area contributed by atoms with Crippen LogP contribution in [0.4, 0.5) is 5.69 Å². The third-order valence-corrected chi connectivity index (χ3v) is 6.16. The van der Waals surface area contributed by atoms with Crippen molar-refractivity contribution in [1.82, 2.24) is 25.1 Å². The average Bonchev–Trinajstić information content (AvgIpc) is 3.24. The second-order valence-corrected chi connectivity index (χ2v) is 8.23. The van der Waals surface area contributed by atoms with E-state index in [1.165, 1.54) is 22.4 Å². The van der Waals surface area contributed by atoms with Crippen molar-refractivity contribution in [2.24, 2.45) is 0 Å². The molecular weight excluding hydrogens is 372 g/mol. The number of aromatic nitrogens is 4. The molecule has 1 saturated heterocycles. The van der Waals surface area contributed by atoms with Crippen LogP contribution in [-0.4, -0.2) is 51.3 Å². The minimum absolute atomic E-state index is 0.261. The minimum atomic E-state index is 0.261. The van der Waals surface area contributed by atoms with Gasteiger partial charge in [0.1, 0.15) is 0 Å². The molecule has 1 atom stereocenters. The molecule has 1 aromatic heterocycles. The first-order valence-electron chi connectivity index (χ1n) is 11.0. The Morgan fingerprint density at radius 2 is 1.73 bits per heavy atom. The lowest BCUT2D eigenvalue weighted by Gasteiger charge is -2.40. The highest BCUT2D eigenvalue weighted by atomic mass is 15.5. The van der Waals surface area contributed by atoms with Crippen molar-refractivity contribution in [3.05, 3.63) is 71.0 Å². The molecule has 158 valence electrons. The van der Waals surface area contributed by atoms with Gasteiger partial charge in [-0.05, 0) is 59.9 Å². The summed E-state index contributed by atoms with van der Waals surface area (Å²) in [5.74, 6) is 0.994. The molecule has 0 N–H and O–H groups in total. The summed E-state index contributed by atoms with van der Waals surface area (Å²) in [6.07, 6.45) is 1.95. The van der Waals surface area contributed by atoms with E-state index in [1.807, 2.05) is 4.68 Å². The first-order valence-corrected chi connectivity index (χ1v) is 11.0. The SMILES string of the molecule is CC[C@H](c1nnnn1CCc1ccccc1)N1CCN(c2cc(C)ccc2C)CC1. The number of aryl methyl sites for hydroxylation is 4. The number of piperazine rings is 1. The van der Waals surface area contributed by atoms with Crippen molar-refractivity contribution in [3.63, 3.8) is 0 Å². The van der Waals surface area contributed by atoms with Crippen molar-refractivity contribution in [2.45, 2.75) is 46.2 Å². The van der Waals surface area contributed by atoms with E-state index in [1.54, 1.807) is 0 Å². The molecule has 6 nitrogen and oxygen atoms in total. The quantitative estimate of drug-likeness (QED) is 0.599. The number of tetrazole rings is 1. The summed E-state index contributed by atoms with van der Waals surface area (Å²) in [6, 6.07) is 17.5. The minimum Gasteiger partial charge on any atom is -0.369 e. The second-order valence-electron chi connectivity index (χ2n) is 8.23. The maximum Gasteiger partial charge on any atom is 0.168 e. The zero-order valence-electron chi connectivity index (χ0n) is 18.3. The molecule has 0 bridgehead atoms. The van der Waals surface area contributed by atoms with Crippen molar-refractivity contribution in [3.8, 4) is 0 Å². The Balaban J connectivity index is 1.42. The summed E-state index contributed by atoms with van der Waals surface area (Å²) < 4.78 is 2.00. The fraction of sp³-hybridized carbons (Fsp3) is 0.458. The molecule has 0 aliphatic carbocycles. The summed E-state index contributed by atoms with van der Waals surface area (Å²) in [4.78, 5) is 5.07. The summed E-state index contributed by atoms with van der Waals surface area (Å²) in [5, 5.41) is 12.7. The predicted octanol–water partition coefficient (Wildman–Crippen LogP) is 3.81. The highest BCUT2D eigenvalue weighted by molar-refractivity contribution is 5.55. The molecule has 3 aromatic rings. The van der Waals surface area contributed by atoms with Crippen LogP contribution in [0.2, 0.25) is 0 Å². The summed E-state index contributed by atoms with van der Waals surface area (Å²) in [7, 11) is 0. The van der Waals surface area contributed by atoms with E-state index >= 15 is 0 Å². The molecule has 1 aliphatic rings. The van der Waals surface area contributed by atoms with Gasteiger partial charge in [-0.2, -0.15) is 0 Å². The molecule has 0 saturated carbocycles. The van der Waals surface area contributed by atoms with Gasteiger partial charge in [0, 0.05) is 38.4 Å². The Morgan fingerprint density at radius 3 is 2.47 bits per heavy atom. The third-order valence-electron chi connectivity index (χ3n) is 6.16. The van der Waals surface area contributed by atoms with E-state index in [-0.39, 0.29) is 6.04 Å². The lowest BCUT2D eigenvalue weighted by molar-refractivity contribution is 0.169. The van der Waals surface area contributed by atoms with Crippen LogP contribution in [0.1, 0.15) is 41.9 Å². The highest BCUT2D eigenvalue weighted by Crippen LogP contribution is 2.27. The molecule has 0 radical (unpaired) electrons. The van der Waals surface area contributed by atoms with Crippen LogP contribution in [0.15, 0.2) is 48.5 Å². The molecule has 1 fully saturated rings. The maximum absolute atomic E-state index is 4.42. The van der Waals surface area contributed by atoms with E-state index in [4.69, 9.17) is 0 Å². The van der Waals surface area contributed by atoms with Gasteiger partial charge in [0.2, 0.25) is 0 Å². The lowest BCUT2D eigenvalue weighted by atomic mass is 10.1. The first-order chi connectivity index (χ1) is 14.7. The van der Waals surface area contributed by atoms with Gasteiger partial charge in [-0.25, -0.2) is 4.68 Å². The molecule has 2 heterocycles. The van der Waals surface area contributed by atoms with E-state index in [9.17, 15) is 0 Å². The summed E-state index contributed by atoms with van der Waals surface area (Å²) in [6.45, 7) is 11.5. The summed E-state index contributed by atoms with van der Waals surface area (Å²) in [5.41, 5.74) is 5.36. The van der Waals surface area contributed by atoms with Gasteiger partial charge >= 0.3 is 0 Å². The molecule has 4 rings (SSSR count). The molecular formula is C24H32N6. The van der Waals surface area contributed by atoms with E-state index < -0.39 is 0 Å². The Bertz CT molecular complexity index is 943. The first kappa shape index (κ1) is 20.5. The average molecular weight is 405 g/mol. The smallest absolute Gasteiger partial charge is 0.168 e. The van der Waals surface area contributed by atoms with E-state index in [0.29, 0.717) is 0 Å². The van der Waals surface area contributed by atoms with E-state index in [0.717, 1.165) is 51.4 Å². The fourth-order valence-electron chi connectivity index (χ4n) is 4.43. The van der Waals surface area contributed by atoms with Crippen LogP contribution in [0.5, 0.6) is 0 Å². The summed E-state index contributed by atoms with van der Waals surface area (Å²) >= 11 is 0. The molecule has 0 unspecified atom stereocenters. The van der Waals surface area contributed by atoms with Crippen LogP contribution >= 0.6 is 0 Å². The number of anilines is 1. The number of hydrogen-bond acceptors (Lipinski definition) is 5. The van der Waals surface area contributed by atoms with Gasteiger partial charge in [-0.1, -0.05) is 49.4 Å². The number of nitrogens with zero attached hydrogens (tertiary/aromatic N) is 6. The monoisotopic (exact) mass is 404 g/mol. The second kappa shape index (κ2) is 9.39. The van der Waals surface area contributed by atoms with Crippen molar-refractivity contribution in [2.75, 3.05) is 31.1 Å². The van der Waals surface area contributed by atoms with Gasteiger partial charge in [0.05, 0.1) is 6.04 Å². The standard InChI is InChI=1S/C24H32N6/c1-4-22(24-25-26-27-30(24)13-12-21-8-6-5-7-9-21)28-14-16-29(17-15-28)23-18-19(2)10-11-20(23)3/h5-11,18,22H,4,12-17H2,1-3H3/t22-/m1/s1. The molecule has 2 aromatic carbocycles. The van der Waals surface area contributed by atoms with Crippen molar-refractivity contribution in [1.29, 1.82) is 0 Å². The van der Waals surface area contributed by atoms with Crippen LogP contribution in [0, 0.1) is 13.8 Å². The van der Waals surface area contributed by atoms with Crippen LogP contribution < -0.4 is 4.90 Å². The van der Waals surface area contributed by atoms with Gasteiger partial charge in [0.25, 0.3) is 0 Å². The Morgan fingerprint density at radius 1 is 0.967 bits per heavy atom. The predicted molar refractivity (Wildman–Crippen MR) is 121 cm³/mol. The molecule has 0 amide bonds. The molecule has 6 heteroatoms. The van der Waals surface area contributed by atoms with Crippen molar-refractivity contribution < 1.29 is 0 Å². The zero-order valence-corrected chi connectivity index (χ0v) is 18.3. The molecule has 1 aliphatic heterocycles. The Hall–Kier alpha value is -2.73. The van der Waals surface area contributed by atoms with Gasteiger partial charge in [-0.15, -0.1) is 5.10 Å². The van der Waals surface area contributed by atoms with Crippen molar-refractivity contribution >= 4 is 5.69 Å². The van der Waals surface area contributed by atoms with Gasteiger partial charge < -0.3 is 4.90 Å². The molecule has 0 spiro atoms. The third kappa shape index (κ3) is 4.54. The highest BCUT2D eigenvalue weighted by Gasteiger charge is 2.28. The fourth-order valence-corrected chi connectivity index (χ4v) is 4.43. The lowest BCUT2D eigenvalue weighted by Crippen LogP contribution is -2.48. The number of benzene rings is 2. The number of rotatable bonds is 7. The topological polar surface area (TPSA) is 50.1 Å². The largest absolute Gasteiger partial charge is 0.369 e. The molecule has 30 heavy (non-hydrogen) atoms. The Kier molecular flexibility index (Phi) is 6.43. The zero-order chi connectivity index (χ0) is 20.9. The van der Waals surface area contributed by atoms with Crippen LogP contribution in [0.25, 0.3) is 0 Å². The van der Waals surface area contributed by atoms with Gasteiger partial charge in [-0.3, -0.25) is 4.90 Å². The Labute approximate surface area is 179 Å². The van der Waals surface area contributed by atoms with Crippen LogP contribution in [-0.2, 0) is 13.0 Å². The maximum atomic E-state index is 4.42. The van der Waals surface area contributed by atoms with Gasteiger partial charge in [0.15, 0.2) is 5.82 Å².